The lowest BCUT2D eigenvalue weighted by Gasteiger charge is -2.14. The highest BCUT2D eigenvalue weighted by molar-refractivity contribution is 7.80. The van der Waals surface area contributed by atoms with E-state index < -0.39 is 0 Å². The fourth-order valence-corrected chi connectivity index (χ4v) is 2.58. The molecule has 0 unspecified atom stereocenters. The van der Waals surface area contributed by atoms with Crippen LogP contribution < -0.4 is 15.4 Å². The Kier molecular flexibility index (Phi) is 5.82. The molecule has 0 bridgehead atoms. The molecule has 3 rings (SSSR count). The van der Waals surface area contributed by atoms with Gasteiger partial charge < -0.3 is 15.4 Å². The normalized spacial score (nSPS) is 10.1. The molecule has 0 spiro atoms. The highest BCUT2D eigenvalue weighted by Gasteiger charge is 2.07. The monoisotopic (exact) mass is 369 g/mol. The number of nitrogens with zero attached hydrogens (tertiary/aromatic N) is 1. The van der Waals surface area contributed by atoms with Crippen LogP contribution in [0.25, 0.3) is 0 Å². The number of ether oxygens (including phenoxy) is 1. The maximum atomic E-state index is 5.98. The van der Waals surface area contributed by atoms with Gasteiger partial charge in [0.2, 0.25) is 0 Å². The number of hydrogen-bond donors (Lipinski definition) is 2. The first kappa shape index (κ1) is 17.2. The zero-order chi connectivity index (χ0) is 17.5. The molecule has 2 aromatic carbocycles. The Morgan fingerprint density at radius 2 is 1.84 bits per heavy atom. The molecule has 6 heteroatoms. The maximum absolute atomic E-state index is 5.98. The Hall–Kier alpha value is -2.63. The molecular formula is C19H16ClN3OS. The number of aromatic nitrogens is 1. The average Bonchev–Trinajstić information content (AvgIpc) is 2.62. The lowest BCUT2D eigenvalue weighted by molar-refractivity contribution is 0.307. The Bertz CT molecular complexity index is 858. The van der Waals surface area contributed by atoms with Gasteiger partial charge in [0.25, 0.3) is 0 Å². The number of nitrogens with one attached hydrogen (secondary N) is 2. The molecule has 126 valence electrons. The third-order valence-corrected chi connectivity index (χ3v) is 3.76. The van der Waals surface area contributed by atoms with E-state index in [2.05, 4.69) is 15.6 Å². The van der Waals surface area contributed by atoms with Crippen LogP contribution in [0.15, 0.2) is 72.9 Å². The predicted molar refractivity (Wildman–Crippen MR) is 106 cm³/mol. The van der Waals surface area contributed by atoms with E-state index in [0.717, 1.165) is 11.3 Å². The molecule has 25 heavy (non-hydrogen) atoms. The second-order valence-corrected chi connectivity index (χ2v) is 6.06. The van der Waals surface area contributed by atoms with Crippen LogP contribution in [0.1, 0.15) is 5.56 Å². The van der Waals surface area contributed by atoms with Crippen molar-refractivity contribution < 1.29 is 4.74 Å². The number of benzene rings is 2. The second-order valence-electron chi connectivity index (χ2n) is 5.21. The van der Waals surface area contributed by atoms with E-state index in [4.69, 9.17) is 28.6 Å². The molecule has 0 aliphatic heterocycles. The molecule has 1 heterocycles. The Morgan fingerprint density at radius 3 is 2.64 bits per heavy atom. The standard InChI is InChI=1S/C19H16ClN3OS/c20-15-8-4-9-16(12-15)22-19(25)23-18-17(10-5-11-21-18)24-13-14-6-2-1-3-7-14/h1-12H,13H2,(H2,21,22,23,25). The molecule has 0 radical (unpaired) electrons. The summed E-state index contributed by atoms with van der Waals surface area (Å²) in [5.74, 6) is 1.18. The van der Waals surface area contributed by atoms with Crippen molar-refractivity contribution in [3.63, 3.8) is 0 Å². The SMILES string of the molecule is S=C(Nc1cccc(Cl)c1)Nc1ncccc1OCc1ccccc1. The molecule has 0 aliphatic rings. The van der Waals surface area contributed by atoms with Gasteiger partial charge in [-0.05, 0) is 48.1 Å². The number of rotatable bonds is 5. The Balaban J connectivity index is 1.65. The minimum atomic E-state index is 0.408. The largest absolute Gasteiger partial charge is 0.485 e. The first-order valence-electron chi connectivity index (χ1n) is 7.66. The van der Waals surface area contributed by atoms with Crippen molar-refractivity contribution in [1.29, 1.82) is 0 Å². The lowest BCUT2D eigenvalue weighted by atomic mass is 10.2. The first-order valence-corrected chi connectivity index (χ1v) is 8.44. The zero-order valence-corrected chi connectivity index (χ0v) is 14.8. The van der Waals surface area contributed by atoms with Crippen LogP contribution in [0.4, 0.5) is 11.5 Å². The van der Waals surface area contributed by atoms with Crippen molar-refractivity contribution in [3.8, 4) is 5.75 Å². The summed E-state index contributed by atoms with van der Waals surface area (Å²) in [5, 5.41) is 7.17. The summed E-state index contributed by atoms with van der Waals surface area (Å²) in [6, 6.07) is 20.9. The second kappa shape index (κ2) is 8.46. The molecule has 0 fully saturated rings. The zero-order valence-electron chi connectivity index (χ0n) is 13.3. The van der Waals surface area contributed by atoms with Gasteiger partial charge in [0, 0.05) is 16.9 Å². The molecule has 0 saturated heterocycles. The van der Waals surface area contributed by atoms with Crippen LogP contribution in [0, 0.1) is 0 Å². The van der Waals surface area contributed by atoms with Crippen molar-refractivity contribution in [2.75, 3.05) is 10.6 Å². The van der Waals surface area contributed by atoms with Gasteiger partial charge in [-0.3, -0.25) is 0 Å². The van der Waals surface area contributed by atoms with Crippen molar-refractivity contribution in [2.45, 2.75) is 6.61 Å². The van der Waals surface area contributed by atoms with Gasteiger partial charge in [-0.15, -0.1) is 0 Å². The molecule has 1 aromatic heterocycles. The van der Waals surface area contributed by atoms with Gasteiger partial charge in [0.05, 0.1) is 0 Å². The molecule has 0 saturated carbocycles. The van der Waals surface area contributed by atoms with E-state index in [-0.39, 0.29) is 0 Å². The summed E-state index contributed by atoms with van der Waals surface area (Å²) in [6.45, 7) is 0.454. The number of pyridine rings is 1. The molecule has 4 nitrogen and oxygen atoms in total. The van der Waals surface area contributed by atoms with Crippen molar-refractivity contribution in [1.82, 2.24) is 4.98 Å². The molecular weight excluding hydrogens is 354 g/mol. The third kappa shape index (κ3) is 5.17. The van der Waals surface area contributed by atoms with Gasteiger partial charge in [0.1, 0.15) is 6.61 Å². The molecule has 3 aromatic rings. The Morgan fingerprint density at radius 1 is 1.00 bits per heavy atom. The van der Waals surface area contributed by atoms with Gasteiger partial charge in [0.15, 0.2) is 16.7 Å². The fraction of sp³-hybridized carbons (Fsp3) is 0.0526. The summed E-state index contributed by atoms with van der Waals surface area (Å²) in [4.78, 5) is 4.30. The highest BCUT2D eigenvalue weighted by Crippen LogP contribution is 2.23. The van der Waals surface area contributed by atoms with Gasteiger partial charge in [-0.1, -0.05) is 48.0 Å². The molecule has 0 aliphatic carbocycles. The Labute approximate surface area is 156 Å². The summed E-state index contributed by atoms with van der Waals surface area (Å²) in [7, 11) is 0. The van der Waals surface area contributed by atoms with Gasteiger partial charge in [-0.2, -0.15) is 0 Å². The quantitative estimate of drug-likeness (QED) is 0.611. The number of halogens is 1. The minimum absolute atomic E-state index is 0.408. The van der Waals surface area contributed by atoms with E-state index in [1.807, 2.05) is 54.6 Å². The van der Waals surface area contributed by atoms with Crippen molar-refractivity contribution >= 4 is 40.4 Å². The van der Waals surface area contributed by atoms with E-state index in [1.54, 1.807) is 18.3 Å². The van der Waals surface area contributed by atoms with Crippen LogP contribution in [0.2, 0.25) is 5.02 Å². The molecule has 2 N–H and O–H groups in total. The van der Waals surface area contributed by atoms with Gasteiger partial charge in [-0.25, -0.2) is 4.98 Å². The van der Waals surface area contributed by atoms with E-state index in [1.165, 1.54) is 0 Å². The van der Waals surface area contributed by atoms with Crippen LogP contribution in [-0.2, 0) is 6.61 Å². The first-order chi connectivity index (χ1) is 12.2. The fourth-order valence-electron chi connectivity index (χ4n) is 2.17. The van der Waals surface area contributed by atoms with Crippen LogP contribution in [-0.4, -0.2) is 10.1 Å². The van der Waals surface area contributed by atoms with Crippen LogP contribution in [0.5, 0.6) is 5.75 Å². The maximum Gasteiger partial charge on any atom is 0.176 e. The summed E-state index contributed by atoms with van der Waals surface area (Å²) in [5.41, 5.74) is 1.88. The number of thiocarbonyl (C=S) groups is 1. The number of anilines is 2. The van der Waals surface area contributed by atoms with Gasteiger partial charge >= 0.3 is 0 Å². The molecule has 0 amide bonds. The summed E-state index contributed by atoms with van der Waals surface area (Å²) < 4.78 is 5.86. The van der Waals surface area contributed by atoms with E-state index in [0.29, 0.717) is 28.3 Å². The average molecular weight is 370 g/mol. The van der Waals surface area contributed by atoms with E-state index >= 15 is 0 Å². The van der Waals surface area contributed by atoms with Crippen molar-refractivity contribution in [2.24, 2.45) is 0 Å². The smallest absolute Gasteiger partial charge is 0.176 e. The summed E-state index contributed by atoms with van der Waals surface area (Å²) >= 11 is 11.3. The number of hydrogen-bond acceptors (Lipinski definition) is 3. The lowest BCUT2D eigenvalue weighted by Crippen LogP contribution is -2.20. The van der Waals surface area contributed by atoms with Crippen LogP contribution >= 0.6 is 23.8 Å². The summed E-state index contributed by atoms with van der Waals surface area (Å²) in [6.07, 6.45) is 1.68. The minimum Gasteiger partial charge on any atom is -0.485 e. The third-order valence-electron chi connectivity index (χ3n) is 3.32. The predicted octanol–water partition coefficient (Wildman–Crippen LogP) is 5.12. The highest BCUT2D eigenvalue weighted by atomic mass is 35.5. The van der Waals surface area contributed by atoms with Crippen LogP contribution in [0.3, 0.4) is 0 Å². The van der Waals surface area contributed by atoms with E-state index in [9.17, 15) is 0 Å². The topological polar surface area (TPSA) is 46.2 Å². The van der Waals surface area contributed by atoms with Crippen molar-refractivity contribution in [3.05, 3.63) is 83.5 Å². The molecule has 0 atom stereocenters.